The van der Waals surface area contributed by atoms with Crippen LogP contribution in [0.3, 0.4) is 0 Å². The number of benzene rings is 2. The Balaban J connectivity index is 0.00000384. The number of ether oxygens (including phenoxy) is 1. The van der Waals surface area contributed by atoms with Crippen LogP contribution in [-0.4, -0.2) is 59.7 Å². The highest BCUT2D eigenvalue weighted by Gasteiger charge is 2.62. The van der Waals surface area contributed by atoms with Crippen LogP contribution in [0.4, 0.5) is 0 Å². The average Bonchev–Trinajstić information content (AvgIpc) is 2.97. The van der Waals surface area contributed by atoms with E-state index in [1.165, 1.54) is 6.42 Å². The molecule has 10 heteroatoms. The van der Waals surface area contributed by atoms with E-state index >= 15 is 0 Å². The van der Waals surface area contributed by atoms with E-state index < -0.39 is 17.4 Å². The number of carbonyl (C=O) groups excluding carboxylic acids is 1. The molecular weight excluding hydrogens is 621 g/mol. The molecule has 1 amide bonds. The van der Waals surface area contributed by atoms with E-state index in [2.05, 4.69) is 10.2 Å². The summed E-state index contributed by atoms with van der Waals surface area (Å²) in [5.41, 5.74) is 1.64. The van der Waals surface area contributed by atoms with Crippen LogP contribution in [0, 0.1) is 23.7 Å². The van der Waals surface area contributed by atoms with Crippen molar-refractivity contribution in [2.24, 2.45) is 23.7 Å². The second kappa shape index (κ2) is 13.3. The molecule has 0 aliphatic heterocycles. The van der Waals surface area contributed by atoms with Gasteiger partial charge in [-0.05, 0) is 107 Å². The number of carbonyl (C=O) groups is 2. The highest BCUT2D eigenvalue weighted by molar-refractivity contribution is 6.33. The lowest BCUT2D eigenvalue weighted by molar-refractivity contribution is -0.163. The zero-order valence-corrected chi connectivity index (χ0v) is 27.2. The van der Waals surface area contributed by atoms with Gasteiger partial charge in [-0.15, -0.1) is 12.4 Å². The third-order valence-corrected chi connectivity index (χ3v) is 10.2. The lowest BCUT2D eigenvalue weighted by Crippen LogP contribution is -2.70. The molecule has 4 aliphatic rings. The Hall–Kier alpha value is -2.84. The number of pyridine rings is 1. The maximum absolute atomic E-state index is 13.9. The van der Waals surface area contributed by atoms with Crippen LogP contribution >= 0.6 is 35.6 Å². The summed E-state index contributed by atoms with van der Waals surface area (Å²) in [6.07, 6.45) is 5.43. The van der Waals surface area contributed by atoms with Crippen LogP contribution in [0.2, 0.25) is 10.0 Å². The van der Waals surface area contributed by atoms with Crippen molar-refractivity contribution >= 4 is 47.5 Å². The van der Waals surface area contributed by atoms with Gasteiger partial charge in [0.15, 0.2) is 0 Å². The van der Waals surface area contributed by atoms with E-state index in [9.17, 15) is 14.7 Å². The highest BCUT2D eigenvalue weighted by atomic mass is 35.5. The fourth-order valence-corrected chi connectivity index (χ4v) is 8.22. The lowest BCUT2D eigenvalue weighted by Gasteiger charge is -2.59. The first-order valence-electron chi connectivity index (χ1n) is 15.0. The molecule has 1 heterocycles. The Morgan fingerprint density at radius 1 is 0.955 bits per heavy atom. The second-order valence-electron chi connectivity index (χ2n) is 12.7. The Bertz CT molecular complexity index is 1520. The normalized spacial score (nSPS) is 25.0. The Morgan fingerprint density at radius 3 is 2.27 bits per heavy atom. The number of hydrogen-bond donors (Lipinski definition) is 2. The van der Waals surface area contributed by atoms with Gasteiger partial charge < -0.3 is 20.1 Å². The third kappa shape index (κ3) is 6.17. The van der Waals surface area contributed by atoms with Crippen LogP contribution in [0.1, 0.15) is 49.0 Å². The summed E-state index contributed by atoms with van der Waals surface area (Å²) >= 11 is 13.1. The fraction of sp³-hybridized carbons (Fsp3) is 0.441. The molecule has 44 heavy (non-hydrogen) atoms. The number of carboxylic acid groups (broad SMARTS) is 1. The van der Waals surface area contributed by atoms with Gasteiger partial charge in [-0.1, -0.05) is 47.5 Å². The molecule has 7 nitrogen and oxygen atoms in total. The highest BCUT2D eigenvalue weighted by Crippen LogP contribution is 2.58. The molecule has 2 N–H and O–H groups in total. The summed E-state index contributed by atoms with van der Waals surface area (Å²) in [7, 11) is 4.03. The van der Waals surface area contributed by atoms with Gasteiger partial charge in [0.1, 0.15) is 17.0 Å². The van der Waals surface area contributed by atoms with Crippen molar-refractivity contribution in [3.05, 3.63) is 70.3 Å². The molecule has 4 saturated carbocycles. The van der Waals surface area contributed by atoms with E-state index in [1.807, 2.05) is 56.6 Å². The van der Waals surface area contributed by atoms with Gasteiger partial charge in [0.25, 0.3) is 5.91 Å². The van der Waals surface area contributed by atoms with Gasteiger partial charge in [0.05, 0.1) is 17.3 Å². The average molecular weight is 659 g/mol. The molecule has 4 fully saturated rings. The van der Waals surface area contributed by atoms with Gasteiger partial charge in [-0.2, -0.15) is 0 Å². The van der Waals surface area contributed by atoms with Gasteiger partial charge in [0, 0.05) is 28.3 Å². The van der Waals surface area contributed by atoms with Crippen molar-refractivity contribution in [1.29, 1.82) is 0 Å². The molecule has 0 spiro atoms. The van der Waals surface area contributed by atoms with E-state index in [0.717, 1.165) is 49.8 Å². The first-order chi connectivity index (χ1) is 20.7. The molecule has 4 aliphatic carbocycles. The maximum Gasteiger partial charge on any atom is 0.330 e. The predicted molar refractivity (Wildman–Crippen MR) is 176 cm³/mol. The molecule has 7 rings (SSSR count). The number of rotatable bonds is 10. The minimum absolute atomic E-state index is 0. The number of nitrogens with one attached hydrogen (secondary N) is 1. The van der Waals surface area contributed by atoms with Crippen molar-refractivity contribution in [3.8, 4) is 28.1 Å². The monoisotopic (exact) mass is 657 g/mol. The van der Waals surface area contributed by atoms with E-state index in [-0.39, 0.29) is 29.9 Å². The Morgan fingerprint density at radius 2 is 1.64 bits per heavy atom. The van der Waals surface area contributed by atoms with Crippen molar-refractivity contribution < 1.29 is 19.4 Å². The molecule has 2 aromatic carbocycles. The van der Waals surface area contributed by atoms with Crippen LogP contribution in [0.25, 0.3) is 22.4 Å². The fourth-order valence-electron chi connectivity index (χ4n) is 7.81. The number of aliphatic carboxylic acids is 1. The topological polar surface area (TPSA) is 91.8 Å². The maximum atomic E-state index is 13.9. The Kier molecular flexibility index (Phi) is 9.81. The van der Waals surface area contributed by atoms with Crippen LogP contribution in [0.15, 0.2) is 54.6 Å². The summed E-state index contributed by atoms with van der Waals surface area (Å²) in [6, 6.07) is 16.4. The number of nitrogens with zero attached hydrogens (tertiary/aromatic N) is 2. The molecule has 0 unspecified atom stereocenters. The van der Waals surface area contributed by atoms with Gasteiger partial charge >= 0.3 is 5.97 Å². The van der Waals surface area contributed by atoms with E-state index in [1.54, 1.807) is 12.1 Å². The Labute approximate surface area is 274 Å². The standard InChI is InChI=1S/C34H37Cl2N3O4.ClH/c1-39(2)12-5-13-43-30-19-22(8-10-28(30)36)31-26(25-6-3-4-7-27(25)35)9-11-29(37-31)32(40)38-34(33(41)42)23-15-20-14-21(17-23)18-24(34)16-20;/h3-4,6-11,19-21,23-24H,5,12-18H2,1-2H3,(H,38,40)(H,41,42);1H. The summed E-state index contributed by atoms with van der Waals surface area (Å²) in [4.78, 5) is 33.7. The zero-order chi connectivity index (χ0) is 30.3. The SMILES string of the molecule is CN(C)CCCOc1cc(-c2nc(C(=O)NC3(C(=O)O)C4CC5CC(C4)CC3C5)ccc2-c2ccccc2Cl)ccc1Cl.Cl. The zero-order valence-electron chi connectivity index (χ0n) is 24.9. The molecule has 3 aromatic rings. The number of amides is 1. The molecule has 234 valence electrons. The minimum atomic E-state index is -1.26. The number of hydrogen-bond acceptors (Lipinski definition) is 5. The second-order valence-corrected chi connectivity index (χ2v) is 13.5. The molecule has 4 bridgehead atoms. The van der Waals surface area contributed by atoms with Crippen molar-refractivity contribution in [2.45, 2.75) is 44.1 Å². The summed E-state index contributed by atoms with van der Waals surface area (Å²) < 4.78 is 6.03. The van der Waals surface area contributed by atoms with E-state index in [0.29, 0.717) is 45.5 Å². The summed E-state index contributed by atoms with van der Waals surface area (Å²) in [5, 5.41) is 14.6. The summed E-state index contributed by atoms with van der Waals surface area (Å²) in [5.74, 6) is 0.128. The van der Waals surface area contributed by atoms with Crippen molar-refractivity contribution in [1.82, 2.24) is 15.2 Å². The smallest absolute Gasteiger partial charge is 0.330 e. The van der Waals surface area contributed by atoms with Crippen molar-refractivity contribution in [3.63, 3.8) is 0 Å². The number of halogens is 3. The van der Waals surface area contributed by atoms with Gasteiger partial charge in [-0.25, -0.2) is 9.78 Å². The largest absolute Gasteiger partial charge is 0.492 e. The third-order valence-electron chi connectivity index (χ3n) is 9.60. The quantitative estimate of drug-likeness (QED) is 0.220. The molecule has 1 aromatic heterocycles. The van der Waals surface area contributed by atoms with Gasteiger partial charge in [-0.3, -0.25) is 4.79 Å². The first kappa shape index (κ1) is 32.6. The lowest BCUT2D eigenvalue weighted by atomic mass is 9.48. The predicted octanol–water partition coefficient (Wildman–Crippen LogP) is 7.48. The van der Waals surface area contributed by atoms with Crippen molar-refractivity contribution in [2.75, 3.05) is 27.2 Å². The van der Waals surface area contributed by atoms with E-state index in [4.69, 9.17) is 32.9 Å². The molecule has 0 atom stereocenters. The molecule has 0 radical (unpaired) electrons. The van der Waals surface area contributed by atoms with Crippen LogP contribution < -0.4 is 10.1 Å². The molecular formula is C34H38Cl3N3O4. The minimum Gasteiger partial charge on any atom is -0.492 e. The summed E-state index contributed by atoms with van der Waals surface area (Å²) in [6.45, 7) is 1.38. The molecule has 0 saturated heterocycles. The van der Waals surface area contributed by atoms with Crippen LogP contribution in [-0.2, 0) is 4.79 Å². The van der Waals surface area contributed by atoms with Gasteiger partial charge in [0.2, 0.25) is 0 Å². The first-order valence-corrected chi connectivity index (χ1v) is 15.8. The number of carboxylic acids is 1. The van der Waals surface area contributed by atoms with Crippen LogP contribution in [0.5, 0.6) is 5.75 Å². The number of aromatic nitrogens is 1.